The van der Waals surface area contributed by atoms with Crippen LogP contribution >= 0.6 is 0 Å². The van der Waals surface area contributed by atoms with Crippen LogP contribution in [0.1, 0.15) is 5.56 Å². The summed E-state index contributed by atoms with van der Waals surface area (Å²) in [5, 5.41) is 10.4. The Hall–Kier alpha value is -1.47. The third-order valence-corrected chi connectivity index (χ3v) is 2.51. The third-order valence-electron chi connectivity index (χ3n) is 1.66. The Morgan fingerprint density at radius 1 is 1.43 bits per heavy atom. The monoisotopic (exact) mass is 217 g/mol. The number of nitrogens with zero attached hydrogens (tertiary/aromatic N) is 1. The molecule has 0 atom stereocenters. The van der Waals surface area contributed by atoms with Crippen molar-refractivity contribution in [3.63, 3.8) is 0 Å². The summed E-state index contributed by atoms with van der Waals surface area (Å²) in [6.45, 7) is 1.40. The molecule has 0 aliphatic carbocycles. The molecule has 1 aromatic carbocycles. The molecule has 1 N–H and O–H groups in total. The van der Waals surface area contributed by atoms with Crippen LogP contribution in [-0.2, 0) is 10.1 Å². The first kappa shape index (κ1) is 10.6. The fraction of sp³-hybridized carbons (Fsp3) is 0.143. The van der Waals surface area contributed by atoms with Crippen molar-refractivity contribution in [1.29, 1.82) is 0 Å². The fourth-order valence-corrected chi connectivity index (χ4v) is 1.56. The third kappa shape index (κ3) is 2.06. The van der Waals surface area contributed by atoms with Gasteiger partial charge >= 0.3 is 0 Å². The van der Waals surface area contributed by atoms with Crippen molar-refractivity contribution in [2.45, 2.75) is 11.8 Å². The Labute approximate surface area is 80.1 Å². The van der Waals surface area contributed by atoms with Gasteiger partial charge in [-0.25, -0.2) is 0 Å². The number of aryl methyl sites for hydroxylation is 1. The van der Waals surface area contributed by atoms with Crippen LogP contribution in [0.4, 0.5) is 5.69 Å². The van der Waals surface area contributed by atoms with Gasteiger partial charge in [0.1, 0.15) is 0 Å². The van der Waals surface area contributed by atoms with E-state index in [1.54, 1.807) is 0 Å². The molecule has 0 heterocycles. The number of hydrogen-bond donors (Lipinski definition) is 1. The lowest BCUT2D eigenvalue weighted by Gasteiger charge is -1.99. The lowest BCUT2D eigenvalue weighted by atomic mass is 10.2. The van der Waals surface area contributed by atoms with Crippen LogP contribution < -0.4 is 0 Å². The lowest BCUT2D eigenvalue weighted by Crippen LogP contribution is -2.00. The molecule has 0 aliphatic heterocycles. The molecule has 0 radical (unpaired) electrons. The molecular formula is C7H7NO5S. The van der Waals surface area contributed by atoms with Gasteiger partial charge in [-0.1, -0.05) is 0 Å². The van der Waals surface area contributed by atoms with Gasteiger partial charge in [-0.05, 0) is 19.1 Å². The van der Waals surface area contributed by atoms with E-state index >= 15 is 0 Å². The topological polar surface area (TPSA) is 97.5 Å². The van der Waals surface area contributed by atoms with E-state index in [0.29, 0.717) is 0 Å². The van der Waals surface area contributed by atoms with Crippen LogP contribution in [0.15, 0.2) is 23.1 Å². The predicted molar refractivity (Wildman–Crippen MR) is 47.6 cm³/mol. The first-order valence-corrected chi connectivity index (χ1v) is 4.99. The van der Waals surface area contributed by atoms with E-state index < -0.39 is 15.0 Å². The second-order valence-corrected chi connectivity index (χ2v) is 4.10. The van der Waals surface area contributed by atoms with Gasteiger partial charge in [-0.2, -0.15) is 8.42 Å². The molecule has 6 nitrogen and oxygen atoms in total. The van der Waals surface area contributed by atoms with E-state index in [-0.39, 0.29) is 16.1 Å². The van der Waals surface area contributed by atoms with Crippen LogP contribution in [0, 0.1) is 17.0 Å². The minimum Gasteiger partial charge on any atom is -0.282 e. The van der Waals surface area contributed by atoms with E-state index in [0.717, 1.165) is 18.2 Å². The predicted octanol–water partition coefficient (Wildman–Crippen LogP) is 1.15. The molecule has 0 spiro atoms. The summed E-state index contributed by atoms with van der Waals surface area (Å²) < 4.78 is 29.9. The molecule has 0 unspecified atom stereocenters. The Morgan fingerprint density at radius 3 is 2.36 bits per heavy atom. The second kappa shape index (κ2) is 3.35. The Kier molecular flexibility index (Phi) is 2.54. The van der Waals surface area contributed by atoms with Gasteiger partial charge in [-0.3, -0.25) is 14.7 Å². The first-order valence-electron chi connectivity index (χ1n) is 3.55. The van der Waals surface area contributed by atoms with Crippen LogP contribution in [0.25, 0.3) is 0 Å². The minimum absolute atomic E-state index is 0.183. The van der Waals surface area contributed by atoms with Crippen LogP contribution in [0.2, 0.25) is 0 Å². The average Bonchev–Trinajstić information content (AvgIpc) is 2.01. The highest BCUT2D eigenvalue weighted by Crippen LogP contribution is 2.20. The molecule has 0 saturated heterocycles. The Bertz CT molecular complexity index is 479. The molecule has 1 aromatic rings. The molecule has 14 heavy (non-hydrogen) atoms. The zero-order valence-electron chi connectivity index (χ0n) is 7.17. The molecule has 0 aliphatic rings. The van der Waals surface area contributed by atoms with E-state index in [1.807, 2.05) is 0 Å². The van der Waals surface area contributed by atoms with Gasteiger partial charge in [0.25, 0.3) is 15.8 Å². The lowest BCUT2D eigenvalue weighted by molar-refractivity contribution is -0.385. The quantitative estimate of drug-likeness (QED) is 0.455. The van der Waals surface area contributed by atoms with Gasteiger partial charge in [0.15, 0.2) is 0 Å². The van der Waals surface area contributed by atoms with E-state index in [2.05, 4.69) is 0 Å². The largest absolute Gasteiger partial charge is 0.294 e. The summed E-state index contributed by atoms with van der Waals surface area (Å²) in [5.41, 5.74) is 0.00234. The molecule has 7 heteroatoms. The van der Waals surface area contributed by atoms with Crippen molar-refractivity contribution >= 4 is 15.8 Å². The number of hydrogen-bond acceptors (Lipinski definition) is 4. The zero-order chi connectivity index (χ0) is 10.9. The standard InChI is InChI=1S/C7H7NO5S/c1-5-4-6(14(11,12)13)2-3-7(5)8(9)10/h2-4H,1H3,(H,11,12,13). The van der Waals surface area contributed by atoms with Crippen LogP contribution in [0.5, 0.6) is 0 Å². The first-order chi connectivity index (χ1) is 6.32. The molecule has 0 fully saturated rings. The molecule has 1 rings (SSSR count). The summed E-state index contributed by atoms with van der Waals surface area (Å²) in [6.07, 6.45) is 0. The summed E-state index contributed by atoms with van der Waals surface area (Å²) in [4.78, 5) is 9.41. The van der Waals surface area contributed by atoms with Crippen molar-refractivity contribution in [2.75, 3.05) is 0 Å². The molecule has 76 valence electrons. The van der Waals surface area contributed by atoms with E-state index in [4.69, 9.17) is 4.55 Å². The molecule has 0 saturated carbocycles. The normalized spacial score (nSPS) is 11.3. The number of nitro groups is 1. The van der Waals surface area contributed by atoms with Crippen LogP contribution in [-0.4, -0.2) is 17.9 Å². The van der Waals surface area contributed by atoms with Gasteiger partial charge in [0.2, 0.25) is 0 Å². The maximum atomic E-state index is 10.7. The number of nitro benzene ring substituents is 1. The van der Waals surface area contributed by atoms with Gasteiger partial charge in [0.05, 0.1) is 9.82 Å². The molecule has 0 amide bonds. The van der Waals surface area contributed by atoms with E-state index in [9.17, 15) is 18.5 Å². The fourth-order valence-electron chi connectivity index (χ4n) is 0.993. The van der Waals surface area contributed by atoms with Gasteiger partial charge < -0.3 is 0 Å². The van der Waals surface area contributed by atoms with E-state index in [1.165, 1.54) is 6.92 Å². The molecule has 0 bridgehead atoms. The smallest absolute Gasteiger partial charge is 0.282 e. The highest BCUT2D eigenvalue weighted by molar-refractivity contribution is 7.85. The zero-order valence-corrected chi connectivity index (χ0v) is 7.98. The van der Waals surface area contributed by atoms with Crippen molar-refractivity contribution in [2.24, 2.45) is 0 Å². The summed E-state index contributed by atoms with van der Waals surface area (Å²) in [5.74, 6) is 0. The second-order valence-electron chi connectivity index (χ2n) is 2.68. The number of benzene rings is 1. The Morgan fingerprint density at radius 2 is 2.00 bits per heavy atom. The molecular weight excluding hydrogens is 210 g/mol. The minimum atomic E-state index is -4.29. The molecule has 0 aromatic heterocycles. The SMILES string of the molecule is Cc1cc(S(=O)(=O)O)ccc1[N+](=O)[O-]. The summed E-state index contributed by atoms with van der Waals surface area (Å²) >= 11 is 0. The maximum absolute atomic E-state index is 10.7. The highest BCUT2D eigenvalue weighted by Gasteiger charge is 2.15. The van der Waals surface area contributed by atoms with Gasteiger partial charge in [-0.15, -0.1) is 0 Å². The van der Waals surface area contributed by atoms with Crippen LogP contribution in [0.3, 0.4) is 0 Å². The maximum Gasteiger partial charge on any atom is 0.294 e. The van der Waals surface area contributed by atoms with Crippen molar-refractivity contribution in [3.05, 3.63) is 33.9 Å². The van der Waals surface area contributed by atoms with Gasteiger partial charge in [0, 0.05) is 11.6 Å². The Balaban J connectivity index is 3.34. The van der Waals surface area contributed by atoms with Crippen molar-refractivity contribution < 1.29 is 17.9 Å². The highest BCUT2D eigenvalue weighted by atomic mass is 32.2. The average molecular weight is 217 g/mol. The summed E-state index contributed by atoms with van der Waals surface area (Å²) in [7, 11) is -4.29. The summed E-state index contributed by atoms with van der Waals surface area (Å²) in [6, 6.07) is 3.08. The van der Waals surface area contributed by atoms with Crippen molar-refractivity contribution in [1.82, 2.24) is 0 Å². The number of rotatable bonds is 2. The van der Waals surface area contributed by atoms with Crippen molar-refractivity contribution in [3.8, 4) is 0 Å².